The fourth-order valence-electron chi connectivity index (χ4n) is 3.02. The molecule has 3 rings (SSSR count). The third-order valence-electron chi connectivity index (χ3n) is 4.40. The van der Waals surface area contributed by atoms with Crippen molar-refractivity contribution in [1.29, 1.82) is 0 Å². The van der Waals surface area contributed by atoms with E-state index in [-0.39, 0.29) is 12.4 Å². The molecule has 0 spiro atoms. The van der Waals surface area contributed by atoms with E-state index in [4.69, 9.17) is 4.74 Å². The lowest BCUT2D eigenvalue weighted by Gasteiger charge is -2.27. The Labute approximate surface area is 168 Å². The molecule has 1 aromatic heterocycles. The van der Waals surface area contributed by atoms with E-state index < -0.39 is 12.0 Å². The van der Waals surface area contributed by atoms with Crippen LogP contribution >= 0.6 is 11.8 Å². The molecule has 2 amide bonds. The topological polar surface area (TPSA) is 89.3 Å². The zero-order valence-electron chi connectivity index (χ0n) is 16.2. The van der Waals surface area contributed by atoms with Gasteiger partial charge in [0.25, 0.3) is 0 Å². The number of imide groups is 1. The predicted octanol–water partition coefficient (Wildman–Crippen LogP) is 2.93. The summed E-state index contributed by atoms with van der Waals surface area (Å²) in [4.78, 5) is 25.6. The van der Waals surface area contributed by atoms with Gasteiger partial charge in [0, 0.05) is 13.1 Å². The summed E-state index contributed by atoms with van der Waals surface area (Å²) in [5, 5.41) is 11.5. The van der Waals surface area contributed by atoms with Gasteiger partial charge in [0.1, 0.15) is 0 Å². The highest BCUT2D eigenvalue weighted by molar-refractivity contribution is 7.99. The third-order valence-corrected chi connectivity index (χ3v) is 5.33. The second kappa shape index (κ2) is 9.59. The van der Waals surface area contributed by atoms with E-state index in [0.29, 0.717) is 5.16 Å². The molecule has 150 valence electrons. The molecule has 2 aromatic rings. The number of aryl methyl sites for hydroxylation is 1. The lowest BCUT2D eigenvalue weighted by Crippen LogP contribution is -2.32. The van der Waals surface area contributed by atoms with E-state index in [1.807, 2.05) is 35.8 Å². The zero-order chi connectivity index (χ0) is 19.9. The van der Waals surface area contributed by atoms with Gasteiger partial charge in [-0.05, 0) is 45.2 Å². The van der Waals surface area contributed by atoms with Crippen LogP contribution in [0.5, 0.6) is 0 Å². The van der Waals surface area contributed by atoms with Gasteiger partial charge in [0.15, 0.2) is 5.16 Å². The number of hydrogen-bond acceptors (Lipinski definition) is 7. The number of nitrogens with one attached hydrogen (secondary N) is 1. The molecule has 1 aromatic carbocycles. The summed E-state index contributed by atoms with van der Waals surface area (Å²) in [6, 6.07) is 8.12. The lowest BCUT2D eigenvalue weighted by atomic mass is 10.1. The Morgan fingerprint density at radius 2 is 1.86 bits per heavy atom. The molecule has 1 saturated heterocycles. The van der Waals surface area contributed by atoms with E-state index in [0.717, 1.165) is 37.6 Å². The molecule has 9 heteroatoms. The van der Waals surface area contributed by atoms with Crippen molar-refractivity contribution in [2.24, 2.45) is 0 Å². The first-order chi connectivity index (χ1) is 13.6. The number of nitrogens with zero attached hydrogens (tertiary/aromatic N) is 4. The fourth-order valence-corrected chi connectivity index (χ4v) is 3.77. The molecule has 1 aliphatic rings. The van der Waals surface area contributed by atoms with Crippen molar-refractivity contribution in [3.8, 4) is 5.69 Å². The van der Waals surface area contributed by atoms with Crippen LogP contribution in [0.1, 0.15) is 31.7 Å². The van der Waals surface area contributed by atoms with Crippen LogP contribution in [0.4, 0.5) is 10.7 Å². The first-order valence-corrected chi connectivity index (χ1v) is 10.4. The maximum atomic E-state index is 12.0. The summed E-state index contributed by atoms with van der Waals surface area (Å²) >= 11 is 1.24. The SMILES string of the molecule is CCOC(=O)NC(=O)CSc1nnc(N2CCCCC2)n1-c1ccc(C)cc1. The number of hydrogen-bond donors (Lipinski definition) is 1. The van der Waals surface area contributed by atoms with Gasteiger partial charge in [-0.25, -0.2) is 4.79 Å². The minimum atomic E-state index is -0.734. The number of anilines is 1. The Hall–Kier alpha value is -2.55. The summed E-state index contributed by atoms with van der Waals surface area (Å²) in [7, 11) is 0. The van der Waals surface area contributed by atoms with Gasteiger partial charge >= 0.3 is 6.09 Å². The van der Waals surface area contributed by atoms with E-state index >= 15 is 0 Å². The summed E-state index contributed by atoms with van der Waals surface area (Å²) in [5.74, 6) is 0.404. The highest BCUT2D eigenvalue weighted by Crippen LogP contribution is 2.28. The Balaban J connectivity index is 1.80. The van der Waals surface area contributed by atoms with Gasteiger partial charge in [0.05, 0.1) is 18.0 Å². The van der Waals surface area contributed by atoms with Crippen LogP contribution in [0.15, 0.2) is 29.4 Å². The number of ether oxygens (including phenoxy) is 1. The molecule has 1 fully saturated rings. The molecule has 0 unspecified atom stereocenters. The van der Waals surface area contributed by atoms with Crippen LogP contribution in [0.3, 0.4) is 0 Å². The maximum Gasteiger partial charge on any atom is 0.413 e. The summed E-state index contributed by atoms with van der Waals surface area (Å²) in [6.45, 7) is 5.82. The van der Waals surface area contributed by atoms with Gasteiger partial charge < -0.3 is 9.64 Å². The van der Waals surface area contributed by atoms with Crippen molar-refractivity contribution in [2.75, 3.05) is 30.3 Å². The first kappa shape index (κ1) is 20.2. The van der Waals surface area contributed by atoms with Gasteiger partial charge in [-0.2, -0.15) is 0 Å². The second-order valence-electron chi connectivity index (χ2n) is 6.56. The number of amides is 2. The Kier molecular flexibility index (Phi) is 6.91. The quantitative estimate of drug-likeness (QED) is 0.742. The van der Waals surface area contributed by atoms with Gasteiger partial charge in [-0.3, -0.25) is 14.7 Å². The maximum absolute atomic E-state index is 12.0. The van der Waals surface area contributed by atoms with Gasteiger partial charge in [0.2, 0.25) is 11.9 Å². The molecular formula is C19H25N5O3S. The monoisotopic (exact) mass is 403 g/mol. The predicted molar refractivity (Wildman–Crippen MR) is 108 cm³/mol. The van der Waals surface area contributed by atoms with Crippen LogP contribution in [0, 0.1) is 6.92 Å². The molecular weight excluding hydrogens is 378 g/mol. The molecule has 0 atom stereocenters. The van der Waals surface area contributed by atoms with Crippen LogP contribution in [-0.2, 0) is 9.53 Å². The van der Waals surface area contributed by atoms with Crippen LogP contribution in [-0.4, -0.2) is 52.2 Å². The van der Waals surface area contributed by atoms with Crippen LogP contribution in [0.25, 0.3) is 5.69 Å². The molecule has 8 nitrogen and oxygen atoms in total. The smallest absolute Gasteiger partial charge is 0.413 e. The normalized spacial score (nSPS) is 14.0. The van der Waals surface area contributed by atoms with E-state index in [1.165, 1.54) is 23.7 Å². The van der Waals surface area contributed by atoms with Crippen molar-refractivity contribution in [1.82, 2.24) is 20.1 Å². The largest absolute Gasteiger partial charge is 0.450 e. The van der Waals surface area contributed by atoms with Gasteiger partial charge in [-0.15, -0.1) is 10.2 Å². The number of alkyl carbamates (subject to hydrolysis) is 1. The Morgan fingerprint density at radius 1 is 1.14 bits per heavy atom. The second-order valence-corrected chi connectivity index (χ2v) is 7.50. The molecule has 0 saturated carbocycles. The average molecular weight is 404 g/mol. The van der Waals surface area contributed by atoms with Crippen LogP contribution in [0.2, 0.25) is 0 Å². The zero-order valence-corrected chi connectivity index (χ0v) is 17.0. The van der Waals surface area contributed by atoms with Crippen molar-refractivity contribution in [2.45, 2.75) is 38.3 Å². The van der Waals surface area contributed by atoms with Crippen molar-refractivity contribution in [3.63, 3.8) is 0 Å². The number of thioether (sulfide) groups is 1. The molecule has 28 heavy (non-hydrogen) atoms. The molecule has 1 aliphatic heterocycles. The minimum Gasteiger partial charge on any atom is -0.450 e. The van der Waals surface area contributed by atoms with Crippen molar-refractivity contribution in [3.05, 3.63) is 29.8 Å². The standard InChI is InChI=1S/C19H25N5O3S/c1-3-27-19(26)20-16(25)13-28-18-22-21-17(23-11-5-4-6-12-23)24(18)15-9-7-14(2)8-10-15/h7-10H,3-6,11-13H2,1-2H3,(H,20,25,26). The van der Waals surface area contributed by atoms with E-state index in [2.05, 4.69) is 20.4 Å². The average Bonchev–Trinajstić information content (AvgIpc) is 3.12. The molecule has 0 radical (unpaired) electrons. The number of aromatic nitrogens is 3. The molecule has 1 N–H and O–H groups in total. The Morgan fingerprint density at radius 3 is 2.54 bits per heavy atom. The molecule has 0 aliphatic carbocycles. The number of carbonyl (C=O) groups is 2. The first-order valence-electron chi connectivity index (χ1n) is 9.45. The Bertz CT molecular complexity index is 815. The number of benzene rings is 1. The third kappa shape index (κ3) is 5.03. The highest BCUT2D eigenvalue weighted by atomic mass is 32.2. The number of rotatable bonds is 6. The lowest BCUT2D eigenvalue weighted by molar-refractivity contribution is -0.117. The summed E-state index contributed by atoms with van der Waals surface area (Å²) in [6.07, 6.45) is 2.75. The molecule has 2 heterocycles. The van der Waals surface area contributed by atoms with Crippen molar-refractivity contribution < 1.29 is 14.3 Å². The van der Waals surface area contributed by atoms with Gasteiger partial charge in [-0.1, -0.05) is 29.5 Å². The van der Waals surface area contributed by atoms with Crippen LogP contribution < -0.4 is 10.2 Å². The van der Waals surface area contributed by atoms with E-state index in [1.54, 1.807) is 6.92 Å². The summed E-state index contributed by atoms with van der Waals surface area (Å²) in [5.41, 5.74) is 2.11. The molecule has 0 bridgehead atoms. The minimum absolute atomic E-state index is 0.0445. The number of carbonyl (C=O) groups excluding carboxylic acids is 2. The van der Waals surface area contributed by atoms with E-state index in [9.17, 15) is 9.59 Å². The van der Waals surface area contributed by atoms with Crippen molar-refractivity contribution >= 4 is 29.7 Å². The number of piperidine rings is 1. The summed E-state index contributed by atoms with van der Waals surface area (Å²) < 4.78 is 6.71. The fraction of sp³-hybridized carbons (Fsp3) is 0.474. The highest BCUT2D eigenvalue weighted by Gasteiger charge is 2.22.